The molecule has 1 N–H and O–H groups in total. The highest BCUT2D eigenvalue weighted by Gasteiger charge is 2.36. The number of aliphatic hydroxyl groups is 1. The lowest BCUT2D eigenvalue weighted by Crippen LogP contribution is -2.41. The van der Waals surface area contributed by atoms with Gasteiger partial charge in [-0.15, -0.1) is 0 Å². The van der Waals surface area contributed by atoms with Crippen LogP contribution in [0.2, 0.25) is 18.1 Å². The molecule has 6 nitrogen and oxygen atoms in total. The van der Waals surface area contributed by atoms with Crippen molar-refractivity contribution in [1.29, 1.82) is 0 Å². The van der Waals surface area contributed by atoms with Crippen LogP contribution in [0.5, 0.6) is 0 Å². The molecular weight excluding hydrogens is 308 g/mol. The van der Waals surface area contributed by atoms with E-state index in [0.717, 1.165) is 0 Å². The van der Waals surface area contributed by atoms with Gasteiger partial charge in [0.2, 0.25) is 5.69 Å². The topological polar surface area (TPSA) is 64.5 Å². The van der Waals surface area contributed by atoms with Crippen molar-refractivity contribution in [3.63, 3.8) is 0 Å². The van der Waals surface area contributed by atoms with Gasteiger partial charge in [-0.1, -0.05) is 20.8 Å². The molecule has 124 valence electrons. The first-order valence-corrected chi connectivity index (χ1v) is 10.6. The number of hydrogen-bond acceptors (Lipinski definition) is 4. The summed E-state index contributed by atoms with van der Waals surface area (Å²) in [7, 11) is -1.80. The minimum Gasteiger partial charge on any atom is -0.415 e. The highest BCUT2D eigenvalue weighted by Crippen LogP contribution is 2.36. The van der Waals surface area contributed by atoms with Gasteiger partial charge in [0, 0.05) is 12.7 Å². The Morgan fingerprint density at radius 2 is 2.09 bits per heavy atom. The Hall–Kier alpha value is -1.75. The summed E-state index contributed by atoms with van der Waals surface area (Å²) < 4.78 is 8.06. The third-order valence-electron chi connectivity index (χ3n) is 4.50. The predicted octanol–water partition coefficient (Wildman–Crippen LogP) is 3.50. The van der Waals surface area contributed by atoms with Gasteiger partial charge in [-0.2, -0.15) is 0 Å². The van der Waals surface area contributed by atoms with Gasteiger partial charge in [0.15, 0.2) is 14.0 Å². The van der Waals surface area contributed by atoms with E-state index < -0.39 is 8.32 Å². The van der Waals surface area contributed by atoms with Crippen LogP contribution >= 0.6 is 0 Å². The van der Waals surface area contributed by atoms with Crippen LogP contribution in [0.3, 0.4) is 0 Å². The van der Waals surface area contributed by atoms with Gasteiger partial charge >= 0.3 is 0 Å². The lowest BCUT2D eigenvalue weighted by Gasteiger charge is -2.36. The number of rotatable bonds is 5. The zero-order valence-corrected chi connectivity index (χ0v) is 15.4. The minimum absolute atomic E-state index is 0.159. The molecular formula is C16H24N4O2Si. The molecule has 0 aliphatic rings. The van der Waals surface area contributed by atoms with Crippen molar-refractivity contribution in [3.8, 4) is 0 Å². The van der Waals surface area contributed by atoms with Crippen molar-refractivity contribution in [2.45, 2.75) is 52.1 Å². The molecule has 2 rings (SSSR count). The number of fused-ring (bicyclic) bond motifs is 1. The van der Waals surface area contributed by atoms with Crippen LogP contribution in [0.1, 0.15) is 26.6 Å². The number of hydrogen-bond donors (Lipinski definition) is 1. The summed E-state index contributed by atoms with van der Waals surface area (Å²) in [4.78, 5) is 12.0. The first-order valence-electron chi connectivity index (χ1n) is 7.67. The second-order valence-electron chi connectivity index (χ2n) is 7.09. The summed E-state index contributed by atoms with van der Waals surface area (Å²) in [5, 5.41) is 9.69. The minimum atomic E-state index is -1.80. The number of pyridine rings is 1. The fourth-order valence-electron chi connectivity index (χ4n) is 2.07. The molecule has 0 bridgehead atoms. The van der Waals surface area contributed by atoms with E-state index in [2.05, 4.69) is 48.7 Å². The zero-order valence-electron chi connectivity index (χ0n) is 14.4. The average Bonchev–Trinajstić information content (AvgIpc) is 2.83. The van der Waals surface area contributed by atoms with Crippen LogP contribution in [-0.2, 0) is 17.6 Å². The molecule has 0 aliphatic carbocycles. The molecule has 0 radical (unpaired) electrons. The van der Waals surface area contributed by atoms with Crippen molar-refractivity contribution in [2.24, 2.45) is 0 Å². The van der Waals surface area contributed by atoms with Crippen LogP contribution < -0.4 is 0 Å². The Bertz CT molecular complexity index is 741. The van der Waals surface area contributed by atoms with Gasteiger partial charge in [-0.05, 0) is 24.2 Å². The van der Waals surface area contributed by atoms with E-state index in [-0.39, 0.29) is 11.6 Å². The molecule has 23 heavy (non-hydrogen) atoms. The Balaban J connectivity index is 2.22. The molecule has 0 saturated carbocycles. The van der Waals surface area contributed by atoms with Gasteiger partial charge in [0.1, 0.15) is 12.4 Å². The van der Waals surface area contributed by atoms with Gasteiger partial charge in [0.05, 0.1) is 18.7 Å². The van der Waals surface area contributed by atoms with Crippen molar-refractivity contribution in [2.75, 3.05) is 6.61 Å². The predicted molar refractivity (Wildman–Crippen MR) is 92.9 cm³/mol. The van der Waals surface area contributed by atoms with E-state index in [1.165, 1.54) is 6.20 Å². The van der Waals surface area contributed by atoms with Crippen LogP contribution in [0.15, 0.2) is 12.3 Å². The highest BCUT2D eigenvalue weighted by molar-refractivity contribution is 6.74. The van der Waals surface area contributed by atoms with Gasteiger partial charge in [0.25, 0.3) is 0 Å². The van der Waals surface area contributed by atoms with E-state index in [4.69, 9.17) is 11.0 Å². The quantitative estimate of drug-likeness (QED) is 0.672. The smallest absolute Gasteiger partial charge is 0.207 e. The number of aromatic nitrogens is 3. The number of aliphatic hydroxyl groups excluding tert-OH is 1. The summed E-state index contributed by atoms with van der Waals surface area (Å²) in [6, 6.07) is 1.69. The second kappa shape index (κ2) is 6.39. The molecule has 2 heterocycles. The largest absolute Gasteiger partial charge is 0.415 e. The molecule has 0 atom stereocenters. The maximum Gasteiger partial charge on any atom is 0.207 e. The maximum absolute atomic E-state index is 9.53. The standard InChI is InChI=1S/C16H24N4O2Si/c1-16(2,3)23(5,6)22-8-7-20-14(11-21)19-13-9-12(17-4)10-18-15(13)20/h9-10,21H,7-8,11H2,1-3,5-6H3. The van der Waals surface area contributed by atoms with Gasteiger partial charge in [-0.3, -0.25) is 0 Å². The van der Waals surface area contributed by atoms with E-state index in [9.17, 15) is 5.11 Å². The van der Waals surface area contributed by atoms with E-state index in [1.54, 1.807) is 6.07 Å². The van der Waals surface area contributed by atoms with Crippen molar-refractivity contribution in [3.05, 3.63) is 29.5 Å². The summed E-state index contributed by atoms with van der Waals surface area (Å²) in [6.07, 6.45) is 1.53. The molecule has 0 saturated heterocycles. The van der Waals surface area contributed by atoms with Crippen molar-refractivity contribution < 1.29 is 9.53 Å². The zero-order chi connectivity index (χ0) is 17.3. The summed E-state index contributed by atoms with van der Waals surface area (Å²) in [5.74, 6) is 0.550. The number of imidazole rings is 1. The molecule has 0 aromatic carbocycles. The third-order valence-corrected chi connectivity index (χ3v) is 9.04. The Morgan fingerprint density at radius 3 is 2.65 bits per heavy atom. The number of nitrogens with zero attached hydrogens (tertiary/aromatic N) is 4. The molecule has 0 amide bonds. The fraction of sp³-hybridized carbons (Fsp3) is 0.562. The van der Waals surface area contributed by atoms with E-state index >= 15 is 0 Å². The van der Waals surface area contributed by atoms with Crippen LogP contribution in [0.4, 0.5) is 5.69 Å². The summed E-state index contributed by atoms with van der Waals surface area (Å²) in [5.41, 5.74) is 1.76. The van der Waals surface area contributed by atoms with E-state index in [0.29, 0.717) is 35.8 Å². The van der Waals surface area contributed by atoms with E-state index in [1.807, 2.05) is 4.57 Å². The van der Waals surface area contributed by atoms with Crippen LogP contribution in [0, 0.1) is 6.57 Å². The van der Waals surface area contributed by atoms with Crippen molar-refractivity contribution in [1.82, 2.24) is 14.5 Å². The lowest BCUT2D eigenvalue weighted by atomic mass is 10.2. The summed E-state index contributed by atoms with van der Waals surface area (Å²) in [6.45, 7) is 19.1. The SMILES string of the molecule is [C-]#[N+]c1cnc2c(c1)nc(CO)n2CCO[Si](C)(C)C(C)(C)C. The first kappa shape index (κ1) is 17.6. The molecule has 0 aliphatic heterocycles. The van der Waals surface area contributed by atoms with Crippen molar-refractivity contribution >= 4 is 25.2 Å². The fourth-order valence-corrected chi connectivity index (χ4v) is 3.11. The maximum atomic E-state index is 9.53. The highest BCUT2D eigenvalue weighted by atomic mass is 28.4. The Labute approximate surface area is 138 Å². The Kier molecular flexibility index (Phi) is 4.89. The van der Waals surface area contributed by atoms with Crippen LogP contribution in [-0.4, -0.2) is 34.6 Å². The lowest BCUT2D eigenvalue weighted by molar-refractivity contribution is 0.248. The van der Waals surface area contributed by atoms with Gasteiger partial charge < -0.3 is 14.1 Å². The molecule has 2 aromatic heterocycles. The van der Waals surface area contributed by atoms with Gasteiger partial charge in [-0.25, -0.2) is 14.8 Å². The molecule has 2 aromatic rings. The second-order valence-corrected chi connectivity index (χ2v) is 11.9. The molecule has 7 heteroatoms. The molecule has 0 fully saturated rings. The van der Waals surface area contributed by atoms with Crippen LogP contribution in [0.25, 0.3) is 16.0 Å². The summed E-state index contributed by atoms with van der Waals surface area (Å²) >= 11 is 0. The third kappa shape index (κ3) is 3.60. The average molecular weight is 332 g/mol. The normalized spacial score (nSPS) is 12.6. The molecule has 0 spiro atoms. The Morgan fingerprint density at radius 1 is 1.39 bits per heavy atom. The monoisotopic (exact) mass is 332 g/mol. The first-order chi connectivity index (χ1) is 10.7. The molecule has 0 unspecified atom stereocenters.